The van der Waals surface area contributed by atoms with Crippen LogP contribution in [-0.2, 0) is 0 Å². The van der Waals surface area contributed by atoms with Crippen molar-refractivity contribution in [3.63, 3.8) is 0 Å². The smallest absolute Gasteiger partial charge is 0.230 e. The Balaban J connectivity index is 0.000000948. The first kappa shape index (κ1) is 18.1. The van der Waals surface area contributed by atoms with Crippen LogP contribution in [0.5, 0.6) is 5.88 Å². The van der Waals surface area contributed by atoms with Crippen molar-refractivity contribution in [1.82, 2.24) is 24.7 Å². The summed E-state index contributed by atoms with van der Waals surface area (Å²) in [6.45, 7) is 8.55. The Morgan fingerprint density at radius 2 is 2.15 bits per heavy atom. The molecule has 4 rings (SSSR count). The zero-order valence-electron chi connectivity index (χ0n) is 15.6. The molecule has 0 spiro atoms. The summed E-state index contributed by atoms with van der Waals surface area (Å²) in [5.74, 6) is 1.46. The fourth-order valence-electron chi connectivity index (χ4n) is 2.93. The summed E-state index contributed by atoms with van der Waals surface area (Å²) in [7, 11) is 0. The first-order chi connectivity index (χ1) is 12.8. The van der Waals surface area contributed by atoms with E-state index in [1.807, 2.05) is 55.8 Å². The zero-order chi connectivity index (χ0) is 18.4. The number of fused-ring (bicyclic) bond motifs is 1. The quantitative estimate of drug-likeness (QED) is 0.733. The molecule has 0 saturated carbocycles. The van der Waals surface area contributed by atoms with Crippen molar-refractivity contribution in [2.24, 2.45) is 0 Å². The van der Waals surface area contributed by atoms with Crippen LogP contribution < -0.4 is 15.4 Å². The number of nitrogens with zero attached hydrogens (tertiary/aromatic N) is 4. The minimum atomic E-state index is 0.434. The molecule has 26 heavy (non-hydrogen) atoms. The highest BCUT2D eigenvalue weighted by Gasteiger charge is 2.15. The van der Waals surface area contributed by atoms with Crippen molar-refractivity contribution < 1.29 is 4.74 Å². The van der Waals surface area contributed by atoms with Crippen LogP contribution in [0, 0.1) is 0 Å². The summed E-state index contributed by atoms with van der Waals surface area (Å²) in [6, 6.07) is 6.43. The van der Waals surface area contributed by atoms with Crippen molar-refractivity contribution in [3.8, 4) is 17.3 Å². The van der Waals surface area contributed by atoms with Crippen molar-refractivity contribution >= 4 is 11.5 Å². The fraction of sp³-hybridized carbons (Fsp3) is 0.421. The summed E-state index contributed by atoms with van der Waals surface area (Å²) in [6.07, 6.45) is 6.49. The Morgan fingerprint density at radius 3 is 2.92 bits per heavy atom. The number of imidazole rings is 1. The van der Waals surface area contributed by atoms with E-state index in [1.54, 1.807) is 6.20 Å². The van der Waals surface area contributed by atoms with Gasteiger partial charge in [0, 0.05) is 12.6 Å². The van der Waals surface area contributed by atoms with E-state index in [4.69, 9.17) is 9.72 Å². The van der Waals surface area contributed by atoms with Crippen LogP contribution in [0.1, 0.15) is 27.2 Å². The Morgan fingerprint density at radius 1 is 1.27 bits per heavy atom. The van der Waals surface area contributed by atoms with Crippen LogP contribution in [0.15, 0.2) is 36.8 Å². The first-order valence-corrected chi connectivity index (χ1v) is 9.24. The van der Waals surface area contributed by atoms with Gasteiger partial charge in [-0.05, 0) is 32.0 Å². The molecular weight excluding hydrogens is 328 g/mol. The maximum absolute atomic E-state index is 5.49. The molecule has 1 unspecified atom stereocenters. The lowest BCUT2D eigenvalue weighted by atomic mass is 10.2. The number of aromatic nitrogens is 4. The van der Waals surface area contributed by atoms with Gasteiger partial charge >= 0.3 is 0 Å². The van der Waals surface area contributed by atoms with Gasteiger partial charge in [-0.15, -0.1) is 0 Å². The van der Waals surface area contributed by atoms with Crippen molar-refractivity contribution in [1.29, 1.82) is 0 Å². The van der Waals surface area contributed by atoms with E-state index in [1.165, 1.54) is 0 Å². The minimum Gasteiger partial charge on any atom is -0.477 e. The minimum absolute atomic E-state index is 0.434. The number of hydrogen-bond acceptors (Lipinski definition) is 6. The Hall–Kier alpha value is -2.67. The van der Waals surface area contributed by atoms with Crippen LogP contribution in [0.25, 0.3) is 17.0 Å². The van der Waals surface area contributed by atoms with Gasteiger partial charge in [-0.25, -0.2) is 15.0 Å². The summed E-state index contributed by atoms with van der Waals surface area (Å²) in [5, 5.41) is 6.83. The molecule has 7 heteroatoms. The molecule has 1 aliphatic heterocycles. The third-order valence-electron chi connectivity index (χ3n) is 4.09. The SMILES string of the molecule is CC.CCOc1cn2c(-c3cccc(NC4CCNC4)n3)cnc2cn1. The van der Waals surface area contributed by atoms with Gasteiger partial charge in [-0.3, -0.25) is 4.40 Å². The van der Waals surface area contributed by atoms with Crippen molar-refractivity contribution in [2.75, 3.05) is 25.0 Å². The Bertz CT molecular complexity index is 841. The van der Waals surface area contributed by atoms with E-state index in [0.717, 1.165) is 42.4 Å². The van der Waals surface area contributed by atoms with Crippen LogP contribution in [0.3, 0.4) is 0 Å². The van der Waals surface area contributed by atoms with Gasteiger partial charge in [0.15, 0.2) is 5.65 Å². The molecule has 0 amide bonds. The van der Waals surface area contributed by atoms with Crippen molar-refractivity contribution in [2.45, 2.75) is 33.2 Å². The van der Waals surface area contributed by atoms with Gasteiger partial charge in [0.05, 0.1) is 36.6 Å². The standard InChI is InChI=1S/C17H20N6O.C2H6/c1-2-24-17-11-23-14(9-19-16(23)10-20-17)13-4-3-5-15(22-13)21-12-6-7-18-8-12;1-2/h3-5,9-12,18H,2,6-8H2,1H3,(H,21,22);1-2H3. The van der Waals surface area contributed by atoms with Gasteiger partial charge in [0.25, 0.3) is 0 Å². The van der Waals surface area contributed by atoms with E-state index in [2.05, 4.69) is 20.6 Å². The highest BCUT2D eigenvalue weighted by atomic mass is 16.5. The van der Waals surface area contributed by atoms with E-state index in [9.17, 15) is 0 Å². The maximum Gasteiger partial charge on any atom is 0.230 e. The average Bonchev–Trinajstić information content (AvgIpc) is 3.33. The molecule has 0 aliphatic carbocycles. The highest BCUT2D eigenvalue weighted by Crippen LogP contribution is 2.22. The maximum atomic E-state index is 5.49. The lowest BCUT2D eigenvalue weighted by Crippen LogP contribution is -2.22. The van der Waals surface area contributed by atoms with E-state index < -0.39 is 0 Å². The third-order valence-corrected chi connectivity index (χ3v) is 4.09. The van der Waals surface area contributed by atoms with Crippen LogP contribution in [-0.4, -0.2) is 45.1 Å². The van der Waals surface area contributed by atoms with Gasteiger partial charge < -0.3 is 15.4 Å². The number of hydrogen-bond donors (Lipinski definition) is 2. The number of pyridine rings is 1. The molecule has 3 aromatic rings. The summed E-state index contributed by atoms with van der Waals surface area (Å²) in [4.78, 5) is 13.4. The molecule has 0 bridgehead atoms. The predicted octanol–water partition coefficient (Wildman–Crippen LogP) is 2.99. The molecule has 0 aromatic carbocycles. The average molecular weight is 354 g/mol. The molecule has 2 N–H and O–H groups in total. The molecule has 7 nitrogen and oxygen atoms in total. The van der Waals surface area contributed by atoms with E-state index >= 15 is 0 Å². The number of ether oxygens (including phenoxy) is 1. The second-order valence-electron chi connectivity index (χ2n) is 5.77. The lowest BCUT2D eigenvalue weighted by molar-refractivity contribution is 0.325. The summed E-state index contributed by atoms with van der Waals surface area (Å²) in [5.41, 5.74) is 2.56. The second-order valence-corrected chi connectivity index (χ2v) is 5.77. The zero-order valence-corrected chi connectivity index (χ0v) is 15.6. The molecule has 138 valence electrons. The van der Waals surface area contributed by atoms with Gasteiger partial charge in [0.2, 0.25) is 5.88 Å². The largest absolute Gasteiger partial charge is 0.477 e. The fourth-order valence-corrected chi connectivity index (χ4v) is 2.93. The summed E-state index contributed by atoms with van der Waals surface area (Å²) < 4.78 is 7.45. The molecule has 0 radical (unpaired) electrons. The van der Waals surface area contributed by atoms with Crippen LogP contribution in [0.2, 0.25) is 0 Å². The van der Waals surface area contributed by atoms with Crippen LogP contribution in [0.4, 0.5) is 5.82 Å². The molecule has 1 fully saturated rings. The number of nitrogens with one attached hydrogen (secondary N) is 2. The lowest BCUT2D eigenvalue weighted by Gasteiger charge is -2.12. The summed E-state index contributed by atoms with van der Waals surface area (Å²) >= 11 is 0. The van der Waals surface area contributed by atoms with Gasteiger partial charge in [-0.2, -0.15) is 0 Å². The second kappa shape index (κ2) is 8.62. The molecule has 1 atom stereocenters. The topological polar surface area (TPSA) is 76.4 Å². The monoisotopic (exact) mass is 354 g/mol. The third kappa shape index (κ3) is 3.94. The van der Waals surface area contributed by atoms with Crippen molar-refractivity contribution in [3.05, 3.63) is 36.8 Å². The van der Waals surface area contributed by atoms with Crippen LogP contribution >= 0.6 is 0 Å². The van der Waals surface area contributed by atoms with Gasteiger partial charge in [-0.1, -0.05) is 19.9 Å². The molecule has 1 saturated heterocycles. The highest BCUT2D eigenvalue weighted by molar-refractivity contribution is 5.61. The number of anilines is 1. The number of rotatable bonds is 5. The van der Waals surface area contributed by atoms with E-state index in [-0.39, 0.29) is 0 Å². The molecular formula is C19H26N6O. The molecule has 4 heterocycles. The first-order valence-electron chi connectivity index (χ1n) is 9.24. The molecule has 1 aliphatic rings. The Kier molecular flexibility index (Phi) is 6.01. The Labute approximate surface area is 153 Å². The van der Waals surface area contributed by atoms with Gasteiger partial charge in [0.1, 0.15) is 5.82 Å². The molecule has 3 aromatic heterocycles. The van der Waals surface area contributed by atoms with E-state index in [0.29, 0.717) is 18.5 Å². The normalized spacial score (nSPS) is 16.2. The predicted molar refractivity (Wildman–Crippen MR) is 104 cm³/mol.